The molecule has 94 valence electrons. The predicted octanol–water partition coefficient (Wildman–Crippen LogP) is 2.82. The molecular formula is C11H12BrN5O. The van der Waals surface area contributed by atoms with Gasteiger partial charge >= 0.3 is 0 Å². The monoisotopic (exact) mass is 309 g/mol. The van der Waals surface area contributed by atoms with Crippen molar-refractivity contribution in [1.82, 2.24) is 4.98 Å². The number of pyridine rings is 1. The van der Waals surface area contributed by atoms with Gasteiger partial charge in [-0.25, -0.2) is 4.98 Å². The standard InChI is InChI=1S/C11H12BrN5O/c1-7-2-9(12)15-10(3-7)17-6-8(4-11(17)18)5-14-16-13/h2-3,8H,4-6H2,1H3. The summed E-state index contributed by atoms with van der Waals surface area (Å²) in [6.45, 7) is 2.86. The number of hydrogen-bond donors (Lipinski definition) is 0. The van der Waals surface area contributed by atoms with Crippen LogP contribution < -0.4 is 4.90 Å². The number of rotatable bonds is 3. The van der Waals surface area contributed by atoms with Crippen LogP contribution in [-0.2, 0) is 4.79 Å². The van der Waals surface area contributed by atoms with E-state index in [1.54, 1.807) is 4.90 Å². The van der Waals surface area contributed by atoms with Crippen molar-refractivity contribution >= 4 is 27.7 Å². The van der Waals surface area contributed by atoms with E-state index in [2.05, 4.69) is 30.9 Å². The van der Waals surface area contributed by atoms with E-state index in [1.807, 2.05) is 19.1 Å². The Balaban J connectivity index is 2.18. The van der Waals surface area contributed by atoms with Crippen molar-refractivity contribution in [2.75, 3.05) is 18.0 Å². The molecule has 1 unspecified atom stereocenters. The molecule has 7 heteroatoms. The number of aromatic nitrogens is 1. The van der Waals surface area contributed by atoms with E-state index in [0.29, 0.717) is 29.9 Å². The van der Waals surface area contributed by atoms with Gasteiger partial charge in [-0.15, -0.1) is 0 Å². The summed E-state index contributed by atoms with van der Waals surface area (Å²) in [7, 11) is 0. The van der Waals surface area contributed by atoms with Gasteiger partial charge in [-0.05, 0) is 52.0 Å². The molecule has 1 aliphatic rings. The van der Waals surface area contributed by atoms with Crippen LogP contribution in [0, 0.1) is 12.8 Å². The second kappa shape index (κ2) is 5.37. The van der Waals surface area contributed by atoms with E-state index in [1.165, 1.54) is 0 Å². The molecule has 0 spiro atoms. The lowest BCUT2D eigenvalue weighted by Gasteiger charge is -2.16. The summed E-state index contributed by atoms with van der Waals surface area (Å²) < 4.78 is 0.712. The zero-order valence-electron chi connectivity index (χ0n) is 9.88. The summed E-state index contributed by atoms with van der Waals surface area (Å²) in [5.41, 5.74) is 9.33. The molecule has 1 amide bonds. The second-order valence-corrected chi connectivity index (χ2v) is 5.13. The number of amides is 1. The Morgan fingerprint density at radius 3 is 3.11 bits per heavy atom. The Bertz CT molecular complexity index is 506. The Morgan fingerprint density at radius 2 is 2.44 bits per heavy atom. The summed E-state index contributed by atoms with van der Waals surface area (Å²) in [5, 5.41) is 3.52. The van der Waals surface area contributed by atoms with Gasteiger partial charge in [0.2, 0.25) is 5.91 Å². The minimum atomic E-state index is 0.0261. The fourth-order valence-corrected chi connectivity index (χ4v) is 2.57. The van der Waals surface area contributed by atoms with Crippen molar-refractivity contribution in [2.45, 2.75) is 13.3 Å². The van der Waals surface area contributed by atoms with Gasteiger partial charge in [0.1, 0.15) is 10.4 Å². The zero-order chi connectivity index (χ0) is 13.1. The molecule has 1 aromatic rings. The molecule has 18 heavy (non-hydrogen) atoms. The van der Waals surface area contributed by atoms with Gasteiger partial charge in [0.25, 0.3) is 0 Å². The van der Waals surface area contributed by atoms with E-state index >= 15 is 0 Å². The third-order valence-electron chi connectivity index (χ3n) is 2.81. The third-order valence-corrected chi connectivity index (χ3v) is 3.22. The minimum Gasteiger partial charge on any atom is -0.296 e. The number of carbonyl (C=O) groups excluding carboxylic acids is 1. The molecule has 1 aromatic heterocycles. The number of aryl methyl sites for hydroxylation is 1. The molecule has 1 saturated heterocycles. The first kappa shape index (κ1) is 12.9. The number of azide groups is 1. The molecule has 0 aliphatic carbocycles. The molecular weight excluding hydrogens is 298 g/mol. The quantitative estimate of drug-likeness (QED) is 0.372. The Morgan fingerprint density at radius 1 is 1.67 bits per heavy atom. The molecule has 1 aliphatic heterocycles. The van der Waals surface area contributed by atoms with Crippen molar-refractivity contribution in [3.05, 3.63) is 32.7 Å². The SMILES string of the molecule is Cc1cc(Br)nc(N2CC(CN=[N+]=[N-])CC2=O)c1. The van der Waals surface area contributed by atoms with Crippen LogP contribution in [-0.4, -0.2) is 24.0 Å². The first-order valence-electron chi connectivity index (χ1n) is 5.55. The molecule has 2 heterocycles. The summed E-state index contributed by atoms with van der Waals surface area (Å²) >= 11 is 3.32. The van der Waals surface area contributed by atoms with E-state index in [9.17, 15) is 4.79 Å². The molecule has 0 bridgehead atoms. The van der Waals surface area contributed by atoms with Crippen molar-refractivity contribution < 1.29 is 4.79 Å². The fourth-order valence-electron chi connectivity index (χ4n) is 2.02. The average molecular weight is 310 g/mol. The van der Waals surface area contributed by atoms with Crippen LogP contribution in [0.25, 0.3) is 10.4 Å². The Labute approximate surface area is 113 Å². The number of anilines is 1. The van der Waals surface area contributed by atoms with Crippen molar-refractivity contribution in [2.24, 2.45) is 11.0 Å². The lowest BCUT2D eigenvalue weighted by Crippen LogP contribution is -2.25. The van der Waals surface area contributed by atoms with E-state index in [4.69, 9.17) is 5.53 Å². The lowest BCUT2D eigenvalue weighted by molar-refractivity contribution is -0.117. The fraction of sp³-hybridized carbons (Fsp3) is 0.455. The summed E-state index contributed by atoms with van der Waals surface area (Å²) in [6.07, 6.45) is 0.409. The smallest absolute Gasteiger partial charge is 0.228 e. The van der Waals surface area contributed by atoms with Gasteiger partial charge in [-0.1, -0.05) is 5.11 Å². The topological polar surface area (TPSA) is 82.0 Å². The predicted molar refractivity (Wildman–Crippen MR) is 71.1 cm³/mol. The van der Waals surface area contributed by atoms with Crippen LogP contribution in [0.5, 0.6) is 0 Å². The number of halogens is 1. The molecule has 0 saturated carbocycles. The summed E-state index contributed by atoms with van der Waals surface area (Å²) in [6, 6.07) is 3.76. The van der Waals surface area contributed by atoms with Crippen LogP contribution in [0.2, 0.25) is 0 Å². The van der Waals surface area contributed by atoms with E-state index in [0.717, 1.165) is 5.56 Å². The van der Waals surface area contributed by atoms with Crippen LogP contribution in [0.3, 0.4) is 0 Å². The molecule has 0 radical (unpaired) electrons. The normalized spacial score (nSPS) is 18.9. The minimum absolute atomic E-state index is 0.0261. The maximum Gasteiger partial charge on any atom is 0.228 e. The highest BCUT2D eigenvalue weighted by molar-refractivity contribution is 9.10. The number of hydrogen-bond acceptors (Lipinski definition) is 3. The van der Waals surface area contributed by atoms with Crippen LogP contribution >= 0.6 is 15.9 Å². The van der Waals surface area contributed by atoms with E-state index in [-0.39, 0.29) is 11.8 Å². The number of carbonyl (C=O) groups is 1. The highest BCUT2D eigenvalue weighted by atomic mass is 79.9. The highest BCUT2D eigenvalue weighted by Gasteiger charge is 2.30. The highest BCUT2D eigenvalue weighted by Crippen LogP contribution is 2.26. The van der Waals surface area contributed by atoms with Gasteiger partial charge in [-0.3, -0.25) is 9.69 Å². The third kappa shape index (κ3) is 2.80. The Hall–Kier alpha value is -1.59. The van der Waals surface area contributed by atoms with Crippen molar-refractivity contribution in [3.63, 3.8) is 0 Å². The van der Waals surface area contributed by atoms with Gasteiger partial charge in [0.15, 0.2) is 0 Å². The van der Waals surface area contributed by atoms with Crippen molar-refractivity contribution in [1.29, 1.82) is 0 Å². The van der Waals surface area contributed by atoms with Crippen LogP contribution in [0.15, 0.2) is 21.9 Å². The maximum absolute atomic E-state index is 11.9. The first-order valence-corrected chi connectivity index (χ1v) is 6.35. The average Bonchev–Trinajstić information content (AvgIpc) is 2.66. The molecule has 0 N–H and O–H groups in total. The lowest BCUT2D eigenvalue weighted by atomic mass is 10.1. The summed E-state index contributed by atoms with van der Waals surface area (Å²) in [5.74, 6) is 0.753. The largest absolute Gasteiger partial charge is 0.296 e. The van der Waals surface area contributed by atoms with Gasteiger partial charge < -0.3 is 0 Å². The zero-order valence-corrected chi connectivity index (χ0v) is 11.5. The van der Waals surface area contributed by atoms with E-state index < -0.39 is 0 Å². The molecule has 1 fully saturated rings. The van der Waals surface area contributed by atoms with Crippen LogP contribution in [0.4, 0.5) is 5.82 Å². The Kier molecular flexibility index (Phi) is 3.84. The van der Waals surface area contributed by atoms with Gasteiger partial charge in [0, 0.05) is 24.4 Å². The second-order valence-electron chi connectivity index (χ2n) is 4.31. The number of nitrogens with zero attached hydrogens (tertiary/aromatic N) is 5. The first-order chi connectivity index (χ1) is 8.60. The van der Waals surface area contributed by atoms with Crippen LogP contribution in [0.1, 0.15) is 12.0 Å². The molecule has 2 rings (SSSR count). The molecule has 6 nitrogen and oxygen atoms in total. The van der Waals surface area contributed by atoms with Gasteiger partial charge in [-0.2, -0.15) is 0 Å². The molecule has 0 aromatic carbocycles. The van der Waals surface area contributed by atoms with Crippen molar-refractivity contribution in [3.8, 4) is 0 Å². The summed E-state index contributed by atoms with van der Waals surface area (Å²) in [4.78, 5) is 20.6. The van der Waals surface area contributed by atoms with Gasteiger partial charge in [0.05, 0.1) is 0 Å². The maximum atomic E-state index is 11.9. The molecule has 1 atom stereocenters.